The molecule has 0 spiro atoms. The zero-order valence-corrected chi connectivity index (χ0v) is 13.3. The van der Waals surface area contributed by atoms with Gasteiger partial charge in [0.15, 0.2) is 5.65 Å². The van der Waals surface area contributed by atoms with E-state index >= 15 is 0 Å². The number of hydrogen-bond acceptors (Lipinski definition) is 5. The smallest absolute Gasteiger partial charge is 0.332 e. The second-order valence-electron chi connectivity index (χ2n) is 5.13. The van der Waals surface area contributed by atoms with Crippen LogP contribution in [0.4, 0.5) is 0 Å². The third-order valence-electron chi connectivity index (χ3n) is 3.04. The van der Waals surface area contributed by atoms with E-state index in [1.54, 1.807) is 6.92 Å². The van der Waals surface area contributed by atoms with Gasteiger partial charge in [-0.2, -0.15) is 0 Å². The highest BCUT2D eigenvalue weighted by molar-refractivity contribution is 7.89. The number of fused-ring (bicyclic) bond motifs is 1. The predicted octanol–water partition coefficient (Wildman–Crippen LogP) is -1.04. The van der Waals surface area contributed by atoms with E-state index in [2.05, 4.69) is 21.3 Å². The molecule has 0 aliphatic heterocycles. The average Bonchev–Trinajstić information content (AvgIpc) is 2.84. The van der Waals surface area contributed by atoms with Crippen LogP contribution in [-0.4, -0.2) is 33.3 Å². The van der Waals surface area contributed by atoms with Gasteiger partial charge < -0.3 is 4.98 Å². The fraction of sp³-hybridized carbons (Fsp3) is 0.417. The van der Waals surface area contributed by atoms with Crippen molar-refractivity contribution in [2.45, 2.75) is 13.5 Å². The zero-order valence-electron chi connectivity index (χ0n) is 12.5. The molecule has 0 atom stereocenters. The largest absolute Gasteiger partial charge is 0.335 e. The van der Waals surface area contributed by atoms with E-state index in [-0.39, 0.29) is 29.3 Å². The normalized spacial score (nSPS) is 12.0. The number of aryl methyl sites for hydroxylation is 1. The van der Waals surface area contributed by atoms with Crippen LogP contribution in [0, 0.1) is 0 Å². The zero-order chi connectivity index (χ0) is 16.7. The van der Waals surface area contributed by atoms with Crippen LogP contribution in [0.3, 0.4) is 0 Å². The second-order valence-corrected chi connectivity index (χ2v) is 6.93. The second kappa shape index (κ2) is 5.54. The topological polar surface area (TPSA) is 119 Å². The summed E-state index contributed by atoms with van der Waals surface area (Å²) in [6.45, 7) is 5.05. The summed E-state index contributed by atoms with van der Waals surface area (Å²) in [5.74, 6) is 0.0617. The Labute approximate surface area is 126 Å². The van der Waals surface area contributed by atoms with Gasteiger partial charge in [0.2, 0.25) is 10.0 Å². The van der Waals surface area contributed by atoms with Gasteiger partial charge in [0.1, 0.15) is 11.3 Å². The molecule has 2 aromatic heterocycles. The van der Waals surface area contributed by atoms with Crippen LogP contribution in [0.15, 0.2) is 21.7 Å². The Morgan fingerprint density at radius 2 is 1.95 bits per heavy atom. The quantitative estimate of drug-likeness (QED) is 0.680. The number of hydrogen-bond donors (Lipinski definition) is 2. The van der Waals surface area contributed by atoms with Crippen LogP contribution in [0.5, 0.6) is 0 Å². The Balaban J connectivity index is 2.38. The fourth-order valence-electron chi connectivity index (χ4n) is 2.01. The Morgan fingerprint density at radius 1 is 1.32 bits per heavy atom. The van der Waals surface area contributed by atoms with E-state index in [0.29, 0.717) is 5.57 Å². The summed E-state index contributed by atoms with van der Waals surface area (Å²) < 4.78 is 28.0. The lowest BCUT2D eigenvalue weighted by molar-refractivity contribution is 0.582. The van der Waals surface area contributed by atoms with Crippen molar-refractivity contribution in [3.05, 3.63) is 38.8 Å². The first-order valence-corrected chi connectivity index (χ1v) is 8.04. The van der Waals surface area contributed by atoms with Gasteiger partial charge in [0.25, 0.3) is 5.56 Å². The molecule has 0 aliphatic carbocycles. The van der Waals surface area contributed by atoms with Crippen molar-refractivity contribution in [3.63, 3.8) is 0 Å². The lowest BCUT2D eigenvalue weighted by Crippen LogP contribution is -2.36. The van der Waals surface area contributed by atoms with E-state index in [0.717, 1.165) is 4.57 Å². The Bertz CT molecular complexity index is 964. The van der Waals surface area contributed by atoms with Crippen molar-refractivity contribution >= 4 is 21.2 Å². The fourth-order valence-corrected chi connectivity index (χ4v) is 3.12. The first-order chi connectivity index (χ1) is 10.1. The summed E-state index contributed by atoms with van der Waals surface area (Å²) >= 11 is 0. The van der Waals surface area contributed by atoms with Crippen LogP contribution in [-0.2, 0) is 30.7 Å². The molecule has 10 heteroatoms. The summed E-state index contributed by atoms with van der Waals surface area (Å²) in [7, 11) is -0.667. The third-order valence-corrected chi connectivity index (χ3v) is 4.50. The summed E-state index contributed by atoms with van der Waals surface area (Å²) in [6, 6.07) is 0. The molecule has 9 nitrogen and oxygen atoms in total. The molecule has 2 N–H and O–H groups in total. The van der Waals surface area contributed by atoms with E-state index in [1.165, 1.54) is 18.7 Å². The molecule has 0 fully saturated rings. The molecular formula is C12H17N5O4S. The molecule has 0 aliphatic rings. The van der Waals surface area contributed by atoms with Gasteiger partial charge in [-0.3, -0.25) is 13.9 Å². The van der Waals surface area contributed by atoms with E-state index < -0.39 is 21.3 Å². The highest BCUT2D eigenvalue weighted by Crippen LogP contribution is 2.05. The maximum atomic E-state index is 12.0. The van der Waals surface area contributed by atoms with Gasteiger partial charge in [-0.25, -0.2) is 22.9 Å². The van der Waals surface area contributed by atoms with Gasteiger partial charge in [-0.05, 0) is 6.92 Å². The van der Waals surface area contributed by atoms with Crippen LogP contribution >= 0.6 is 0 Å². The molecule has 0 radical (unpaired) electrons. The van der Waals surface area contributed by atoms with Gasteiger partial charge >= 0.3 is 5.69 Å². The maximum Gasteiger partial charge on any atom is 0.332 e. The number of H-pyrrole nitrogens is 1. The molecule has 2 rings (SSSR count). The van der Waals surface area contributed by atoms with Gasteiger partial charge in [0, 0.05) is 14.1 Å². The molecule has 0 saturated heterocycles. The van der Waals surface area contributed by atoms with Crippen molar-refractivity contribution in [2.24, 2.45) is 14.1 Å². The number of aromatic nitrogens is 4. The summed E-state index contributed by atoms with van der Waals surface area (Å²) in [6.07, 6.45) is 0. The number of nitrogens with zero attached hydrogens (tertiary/aromatic N) is 3. The Morgan fingerprint density at radius 3 is 2.55 bits per heavy atom. The molecule has 0 amide bonds. The number of aromatic amines is 1. The lowest BCUT2D eigenvalue weighted by atomic mass is 10.4. The summed E-state index contributed by atoms with van der Waals surface area (Å²) in [5.41, 5.74) is -0.172. The molecule has 0 unspecified atom stereocenters. The number of sulfonamides is 1. The van der Waals surface area contributed by atoms with Crippen LogP contribution in [0.25, 0.3) is 11.2 Å². The highest BCUT2D eigenvalue weighted by atomic mass is 32.2. The molecule has 0 bridgehead atoms. The van der Waals surface area contributed by atoms with Crippen LogP contribution in [0.1, 0.15) is 12.7 Å². The summed E-state index contributed by atoms with van der Waals surface area (Å²) in [4.78, 5) is 30.6. The molecule has 0 aromatic carbocycles. The van der Waals surface area contributed by atoms with Crippen molar-refractivity contribution in [1.82, 2.24) is 23.8 Å². The minimum Gasteiger partial charge on any atom is -0.335 e. The van der Waals surface area contributed by atoms with E-state index in [4.69, 9.17) is 0 Å². The number of imidazole rings is 1. The third kappa shape index (κ3) is 3.02. The highest BCUT2D eigenvalue weighted by Gasteiger charge is 2.15. The van der Waals surface area contributed by atoms with Crippen molar-refractivity contribution in [1.29, 1.82) is 0 Å². The monoisotopic (exact) mass is 327 g/mol. The molecule has 0 saturated carbocycles. The maximum absolute atomic E-state index is 12.0. The minimum atomic E-state index is -3.51. The first-order valence-electron chi connectivity index (χ1n) is 6.38. The molecule has 120 valence electrons. The van der Waals surface area contributed by atoms with E-state index in [1.807, 2.05) is 0 Å². The van der Waals surface area contributed by atoms with Crippen molar-refractivity contribution < 1.29 is 8.42 Å². The standard InChI is InChI=1S/C12H17N5O4S/c1-7(2)6-22(20,21)13-5-8-14-9-10(15-8)16(3)12(19)17(4)11(9)18/h13H,1,5-6H2,2-4H3,(H,14,15). The molecule has 22 heavy (non-hydrogen) atoms. The Kier molecular flexibility index (Phi) is 4.07. The van der Waals surface area contributed by atoms with Gasteiger partial charge in [-0.15, -0.1) is 0 Å². The van der Waals surface area contributed by atoms with Crippen molar-refractivity contribution in [3.8, 4) is 0 Å². The van der Waals surface area contributed by atoms with Crippen LogP contribution < -0.4 is 16.0 Å². The van der Waals surface area contributed by atoms with Crippen LogP contribution in [0.2, 0.25) is 0 Å². The first kappa shape index (κ1) is 16.2. The Hall–Kier alpha value is -2.20. The number of rotatable bonds is 5. The predicted molar refractivity (Wildman–Crippen MR) is 82.0 cm³/mol. The summed E-state index contributed by atoms with van der Waals surface area (Å²) in [5, 5.41) is 0. The SMILES string of the molecule is C=C(C)CS(=O)(=O)NCc1nc2c([nH]1)c(=O)n(C)c(=O)n2C. The lowest BCUT2D eigenvalue weighted by Gasteiger charge is -2.04. The molecule has 2 heterocycles. The average molecular weight is 327 g/mol. The molecule has 2 aromatic rings. The molecular weight excluding hydrogens is 310 g/mol. The van der Waals surface area contributed by atoms with Crippen molar-refractivity contribution in [2.75, 3.05) is 5.75 Å². The number of nitrogens with one attached hydrogen (secondary N) is 2. The van der Waals surface area contributed by atoms with E-state index in [9.17, 15) is 18.0 Å². The van der Waals surface area contributed by atoms with Gasteiger partial charge in [-0.1, -0.05) is 12.2 Å². The van der Waals surface area contributed by atoms with Gasteiger partial charge in [0.05, 0.1) is 12.3 Å². The minimum absolute atomic E-state index is 0.109.